The van der Waals surface area contributed by atoms with Crippen molar-refractivity contribution < 1.29 is 65.7 Å². The second-order valence-corrected chi connectivity index (χ2v) is 15.8. The average Bonchev–Trinajstić information content (AvgIpc) is 3.59. The molecule has 7 N–H and O–H groups in total. The molecule has 1 saturated heterocycles. The smallest absolute Gasteiger partial charge is 0.489 e. The van der Waals surface area contributed by atoms with Crippen LogP contribution in [0.1, 0.15) is 12.6 Å². The maximum atomic E-state index is 12.1. The van der Waals surface area contributed by atoms with Crippen LogP contribution in [0.5, 0.6) is 17.2 Å². The lowest BCUT2D eigenvalue weighted by atomic mass is 10.2. The van der Waals surface area contributed by atoms with E-state index in [0.29, 0.717) is 43.7 Å². The summed E-state index contributed by atoms with van der Waals surface area (Å²) in [5, 5.41) is 16.8. The third-order valence-corrected chi connectivity index (χ3v) is 11.2. The molecule has 2 aliphatic rings. The zero-order valence-electron chi connectivity index (χ0n) is 25.2. The van der Waals surface area contributed by atoms with Gasteiger partial charge in [-0.25, -0.2) is 33.4 Å². The average molecular weight is 874 g/mol. The first kappa shape index (κ1) is 36.7. The SMILES string of the molecule is Cn1cc2c(nc1=O)Nc1c(OCCNc3nc(I)nc4c3ncn4[C@H]3C[C@H](O)[C@@H](COP(=O)(O)OP(=O)(O)OP(=O)(O)O)O3)cccc1O2. The number of para-hydroxylation sites is 1. The Balaban J connectivity index is 1.07. The van der Waals surface area contributed by atoms with E-state index in [1.165, 1.54) is 21.7 Å². The molecule has 2 aliphatic heterocycles. The number of hydrogen-bond acceptors (Lipinski definition) is 17. The Hall–Kier alpha value is -3.09. The van der Waals surface area contributed by atoms with E-state index in [9.17, 15) is 33.4 Å². The van der Waals surface area contributed by atoms with Gasteiger partial charge in [0.2, 0.25) is 0 Å². The summed E-state index contributed by atoms with van der Waals surface area (Å²) in [7, 11) is -15.1. The maximum Gasteiger partial charge on any atom is 0.490 e. The first-order valence-corrected chi connectivity index (χ1v) is 19.6. The van der Waals surface area contributed by atoms with Crippen molar-refractivity contribution in [3.05, 3.63) is 45.0 Å². The number of aromatic nitrogens is 6. The number of halogens is 1. The Morgan fingerprint density at radius 1 is 1.10 bits per heavy atom. The molecular weight excluding hydrogens is 848 g/mol. The number of benzene rings is 1. The van der Waals surface area contributed by atoms with Crippen molar-refractivity contribution in [1.29, 1.82) is 0 Å². The molecule has 0 saturated carbocycles. The highest BCUT2D eigenvalue weighted by atomic mass is 127. The highest BCUT2D eigenvalue weighted by Gasteiger charge is 2.43. The number of anilines is 3. The molecule has 0 amide bonds. The zero-order valence-corrected chi connectivity index (χ0v) is 30.0. The number of aryl methyl sites for hydroxylation is 1. The van der Waals surface area contributed by atoms with Crippen LogP contribution in [0.15, 0.2) is 35.5 Å². The molecule has 2 unspecified atom stereocenters. The first-order chi connectivity index (χ1) is 23.5. The number of aliphatic hydroxyl groups is 1. The lowest BCUT2D eigenvalue weighted by molar-refractivity contribution is -0.0423. The number of phosphoric ester groups is 1. The van der Waals surface area contributed by atoms with E-state index in [-0.39, 0.29) is 25.4 Å². The van der Waals surface area contributed by atoms with Gasteiger partial charge >= 0.3 is 29.2 Å². The van der Waals surface area contributed by atoms with Crippen molar-refractivity contribution in [1.82, 2.24) is 29.1 Å². The molecule has 0 aliphatic carbocycles. The summed E-state index contributed by atoms with van der Waals surface area (Å²) >= 11 is 1.91. The molecule has 4 aromatic rings. The molecule has 23 nitrogen and oxygen atoms in total. The number of aliphatic hydroxyl groups excluding tert-OH is 1. The summed E-state index contributed by atoms with van der Waals surface area (Å²) in [5.41, 5.74) is 0.698. The molecule has 27 heteroatoms. The molecule has 5 atom stereocenters. The van der Waals surface area contributed by atoms with Crippen molar-refractivity contribution in [2.24, 2.45) is 7.05 Å². The number of nitrogens with zero attached hydrogens (tertiary/aromatic N) is 6. The minimum atomic E-state index is -5.71. The molecule has 270 valence electrons. The number of imidazole rings is 1. The molecule has 6 rings (SSSR count). The Morgan fingerprint density at radius 2 is 1.88 bits per heavy atom. The Kier molecular flexibility index (Phi) is 10.4. The zero-order chi connectivity index (χ0) is 36.0. The van der Waals surface area contributed by atoms with Crippen molar-refractivity contribution in [2.45, 2.75) is 24.9 Å². The van der Waals surface area contributed by atoms with Gasteiger partial charge in [0, 0.05) is 36.1 Å². The van der Waals surface area contributed by atoms with Gasteiger partial charge in [-0.3, -0.25) is 13.7 Å². The lowest BCUT2D eigenvalue weighted by Crippen LogP contribution is -2.26. The second-order valence-electron chi connectivity index (χ2n) is 10.5. The van der Waals surface area contributed by atoms with Crippen LogP contribution in [0, 0.1) is 3.83 Å². The minimum Gasteiger partial charge on any atom is -0.489 e. The van der Waals surface area contributed by atoms with Gasteiger partial charge < -0.3 is 49.5 Å². The summed E-state index contributed by atoms with van der Waals surface area (Å²) in [6.45, 7) is -0.412. The van der Waals surface area contributed by atoms with Crippen LogP contribution >= 0.6 is 46.1 Å². The van der Waals surface area contributed by atoms with Crippen molar-refractivity contribution in [3.63, 3.8) is 0 Å². The van der Waals surface area contributed by atoms with Gasteiger partial charge in [0.05, 0.1) is 31.8 Å². The summed E-state index contributed by atoms with van der Waals surface area (Å²) < 4.78 is 67.2. The fraction of sp³-hybridized carbons (Fsp3) is 0.348. The monoisotopic (exact) mass is 874 g/mol. The van der Waals surface area contributed by atoms with Crippen LogP contribution in [0.25, 0.3) is 11.2 Å². The molecule has 5 heterocycles. The Bertz CT molecular complexity index is 2150. The van der Waals surface area contributed by atoms with E-state index in [1.807, 2.05) is 22.6 Å². The molecule has 50 heavy (non-hydrogen) atoms. The normalized spacial score (nSPS) is 21.0. The van der Waals surface area contributed by atoms with Crippen molar-refractivity contribution >= 4 is 74.5 Å². The van der Waals surface area contributed by atoms with Crippen LogP contribution < -0.4 is 25.8 Å². The summed E-state index contributed by atoms with van der Waals surface area (Å²) in [6.07, 6.45) is -0.554. The third kappa shape index (κ3) is 8.50. The predicted octanol–water partition coefficient (Wildman–Crippen LogP) is 1.86. The molecule has 1 aromatic carbocycles. The number of phosphoric acid groups is 3. The number of ether oxygens (including phenoxy) is 3. The number of nitrogens with one attached hydrogen (secondary N) is 2. The van der Waals surface area contributed by atoms with Crippen LogP contribution in [0.3, 0.4) is 0 Å². The van der Waals surface area contributed by atoms with E-state index in [0.717, 1.165) is 0 Å². The van der Waals surface area contributed by atoms with E-state index in [1.54, 1.807) is 25.2 Å². The van der Waals surface area contributed by atoms with Gasteiger partial charge in [0.1, 0.15) is 30.4 Å². The fourth-order valence-corrected chi connectivity index (χ4v) is 8.32. The van der Waals surface area contributed by atoms with Gasteiger partial charge in [-0.1, -0.05) is 6.07 Å². The van der Waals surface area contributed by atoms with Gasteiger partial charge in [-0.2, -0.15) is 13.6 Å². The number of fused-ring (bicyclic) bond motifs is 3. The molecular formula is C23H26IN8O15P3. The van der Waals surface area contributed by atoms with Crippen LogP contribution in [-0.4, -0.2) is 85.7 Å². The summed E-state index contributed by atoms with van der Waals surface area (Å²) in [4.78, 5) is 65.6. The highest BCUT2D eigenvalue weighted by molar-refractivity contribution is 14.1. The van der Waals surface area contributed by atoms with Gasteiger partial charge in [0.25, 0.3) is 0 Å². The predicted molar refractivity (Wildman–Crippen MR) is 176 cm³/mol. The topological polar surface area (TPSA) is 310 Å². The maximum absolute atomic E-state index is 12.1. The first-order valence-electron chi connectivity index (χ1n) is 14.0. The highest BCUT2D eigenvalue weighted by Crippen LogP contribution is 2.66. The van der Waals surface area contributed by atoms with Crippen molar-refractivity contribution in [3.8, 4) is 17.2 Å². The standard InChI is InChI=1S/C23H26IN8O15P3/c1-31-8-14-19(29-23(31)34)27-17-12(3-2-4-13(17)44-14)42-6-5-25-20-18-21(30-22(24)28-20)32(10-26-18)16-7-11(33)15(45-16)9-43-49(38,39)47-50(40,41)46-48(35,36)37/h2-4,8,10-11,15-16,33H,5-7,9H2,1H3,(H,38,39)(H,40,41)(H,25,28,30)(H,27,29,34)(H2,35,36,37)/t11-,15+,16+/m0/s1. The largest absolute Gasteiger partial charge is 0.490 e. The summed E-state index contributed by atoms with van der Waals surface area (Å²) in [6, 6.07) is 5.21. The molecule has 1 fully saturated rings. The molecule has 0 bridgehead atoms. The van der Waals surface area contributed by atoms with Crippen molar-refractivity contribution in [2.75, 3.05) is 30.4 Å². The molecule has 3 aromatic heterocycles. The molecule has 0 radical (unpaired) electrons. The van der Waals surface area contributed by atoms with Crippen LogP contribution in [0.2, 0.25) is 0 Å². The minimum absolute atomic E-state index is 0.0548. The van der Waals surface area contributed by atoms with Crippen LogP contribution in [-0.2, 0) is 38.6 Å². The van der Waals surface area contributed by atoms with E-state index >= 15 is 0 Å². The molecule has 0 spiro atoms. The fourth-order valence-electron chi connectivity index (χ4n) is 4.82. The van der Waals surface area contributed by atoms with Gasteiger partial charge in [-0.05, 0) is 12.1 Å². The van der Waals surface area contributed by atoms with Gasteiger partial charge in [0.15, 0.2) is 38.1 Å². The second kappa shape index (κ2) is 14.1. The Morgan fingerprint density at radius 3 is 2.64 bits per heavy atom. The van der Waals surface area contributed by atoms with Crippen LogP contribution in [0.4, 0.5) is 17.3 Å². The van der Waals surface area contributed by atoms with E-state index in [4.69, 9.17) is 24.0 Å². The third-order valence-electron chi connectivity index (χ3n) is 6.88. The summed E-state index contributed by atoms with van der Waals surface area (Å²) in [5.74, 6) is 1.93. The Labute approximate surface area is 293 Å². The quantitative estimate of drug-likeness (QED) is 0.0384. The lowest BCUT2D eigenvalue weighted by Gasteiger charge is -2.23. The number of hydrogen-bond donors (Lipinski definition) is 7. The number of rotatable bonds is 13. The van der Waals surface area contributed by atoms with Gasteiger partial charge in [-0.15, -0.1) is 0 Å². The van der Waals surface area contributed by atoms with E-state index < -0.39 is 54.2 Å². The van der Waals surface area contributed by atoms with E-state index in [2.05, 4.69) is 43.7 Å².